The summed E-state index contributed by atoms with van der Waals surface area (Å²) in [5.74, 6) is 1.14. The number of aromatic nitrogens is 2. The van der Waals surface area contributed by atoms with E-state index in [0.717, 1.165) is 18.7 Å². The molecule has 3 rings (SSSR count). The Morgan fingerprint density at radius 1 is 1.40 bits per heavy atom. The van der Waals surface area contributed by atoms with Gasteiger partial charge in [-0.05, 0) is 24.3 Å². The maximum absolute atomic E-state index is 12.1. The molecule has 0 fully saturated rings. The number of ether oxygens (including phenoxy) is 2. The number of carbonyl (C=O) groups excluding carboxylic acids is 1. The fourth-order valence-electron chi connectivity index (χ4n) is 2.05. The van der Waals surface area contributed by atoms with Gasteiger partial charge < -0.3 is 14.8 Å². The van der Waals surface area contributed by atoms with Crippen LogP contribution >= 0.6 is 0 Å². The van der Waals surface area contributed by atoms with Crippen LogP contribution in [0.25, 0.3) is 0 Å². The molecule has 2 heterocycles. The molecule has 1 aromatic heterocycles. The number of fused-ring (bicyclic) bond motifs is 1. The van der Waals surface area contributed by atoms with Gasteiger partial charge in [0.25, 0.3) is 5.91 Å². The Morgan fingerprint density at radius 2 is 2.20 bits per heavy atom. The number of aryl methyl sites for hydroxylation is 1. The molecule has 0 saturated heterocycles. The minimum Gasteiger partial charge on any atom is -0.497 e. The number of anilines is 1. The van der Waals surface area contributed by atoms with Crippen LogP contribution < -0.4 is 14.8 Å². The van der Waals surface area contributed by atoms with E-state index in [0.29, 0.717) is 23.9 Å². The van der Waals surface area contributed by atoms with Crippen molar-refractivity contribution in [2.45, 2.75) is 13.0 Å². The summed E-state index contributed by atoms with van der Waals surface area (Å²) in [6.45, 7) is 1.45. The van der Waals surface area contributed by atoms with Crippen LogP contribution in [0.1, 0.15) is 16.9 Å². The Labute approximate surface area is 116 Å². The van der Waals surface area contributed by atoms with Crippen LogP contribution in [0.5, 0.6) is 11.6 Å². The summed E-state index contributed by atoms with van der Waals surface area (Å²) >= 11 is 0. The molecule has 20 heavy (non-hydrogen) atoms. The molecule has 104 valence electrons. The van der Waals surface area contributed by atoms with Crippen molar-refractivity contribution < 1.29 is 14.3 Å². The van der Waals surface area contributed by atoms with Crippen LogP contribution in [0.4, 0.5) is 5.69 Å². The number of methoxy groups -OCH3 is 1. The molecule has 6 nitrogen and oxygen atoms in total. The highest BCUT2D eigenvalue weighted by Gasteiger charge is 2.17. The molecule has 0 saturated carbocycles. The molecule has 1 amide bonds. The molecule has 0 radical (unpaired) electrons. The van der Waals surface area contributed by atoms with Gasteiger partial charge in [-0.15, -0.1) is 0 Å². The summed E-state index contributed by atoms with van der Waals surface area (Å²) in [6.07, 6.45) is 0.911. The second-order valence-corrected chi connectivity index (χ2v) is 4.48. The third kappa shape index (κ3) is 2.45. The van der Waals surface area contributed by atoms with Crippen molar-refractivity contribution >= 4 is 11.6 Å². The van der Waals surface area contributed by atoms with E-state index in [4.69, 9.17) is 9.47 Å². The van der Waals surface area contributed by atoms with E-state index in [2.05, 4.69) is 10.4 Å². The standard InChI is InChI=1S/C14H15N3O3/c1-19-11-5-3-10(4-6-11)15-14(18)12-9-13-17(16-12)7-2-8-20-13/h3-6,9H,2,7-8H2,1H3,(H,15,18). The number of amides is 1. The molecule has 0 aliphatic carbocycles. The van der Waals surface area contributed by atoms with Gasteiger partial charge in [-0.25, -0.2) is 4.68 Å². The summed E-state index contributed by atoms with van der Waals surface area (Å²) in [5.41, 5.74) is 1.06. The molecule has 2 aromatic rings. The van der Waals surface area contributed by atoms with Crippen molar-refractivity contribution in [1.29, 1.82) is 0 Å². The highest BCUT2D eigenvalue weighted by molar-refractivity contribution is 6.03. The van der Waals surface area contributed by atoms with Crippen LogP contribution in [0.3, 0.4) is 0 Å². The number of nitrogens with one attached hydrogen (secondary N) is 1. The molecule has 0 unspecified atom stereocenters. The Bertz CT molecular complexity index is 596. The smallest absolute Gasteiger partial charge is 0.276 e. The summed E-state index contributed by atoms with van der Waals surface area (Å²) in [5, 5.41) is 7.03. The van der Waals surface area contributed by atoms with Crippen LogP contribution in [0.2, 0.25) is 0 Å². The Hall–Kier alpha value is -2.50. The third-order valence-corrected chi connectivity index (χ3v) is 3.09. The minimum atomic E-state index is -0.249. The number of benzene rings is 1. The number of rotatable bonds is 3. The summed E-state index contributed by atoms with van der Waals surface area (Å²) in [6, 6.07) is 8.80. The van der Waals surface area contributed by atoms with Gasteiger partial charge in [0.1, 0.15) is 5.75 Å². The topological polar surface area (TPSA) is 65.4 Å². The molecule has 1 N–H and O–H groups in total. The lowest BCUT2D eigenvalue weighted by molar-refractivity contribution is 0.102. The molecule has 0 bridgehead atoms. The second-order valence-electron chi connectivity index (χ2n) is 4.48. The minimum absolute atomic E-state index is 0.249. The van der Waals surface area contributed by atoms with E-state index < -0.39 is 0 Å². The summed E-state index contributed by atoms with van der Waals surface area (Å²) in [7, 11) is 1.60. The van der Waals surface area contributed by atoms with Gasteiger partial charge in [0.2, 0.25) is 5.88 Å². The van der Waals surface area contributed by atoms with E-state index in [-0.39, 0.29) is 5.91 Å². The van der Waals surface area contributed by atoms with Crippen molar-refractivity contribution in [3.63, 3.8) is 0 Å². The second kappa shape index (κ2) is 5.24. The predicted octanol–water partition coefficient (Wildman–Crippen LogP) is 1.93. The van der Waals surface area contributed by atoms with Gasteiger partial charge >= 0.3 is 0 Å². The van der Waals surface area contributed by atoms with E-state index in [9.17, 15) is 4.79 Å². The first-order chi connectivity index (χ1) is 9.76. The first kappa shape index (κ1) is 12.5. The molecule has 6 heteroatoms. The lowest BCUT2D eigenvalue weighted by Crippen LogP contribution is -2.16. The fraction of sp³-hybridized carbons (Fsp3) is 0.286. The largest absolute Gasteiger partial charge is 0.497 e. The SMILES string of the molecule is COc1ccc(NC(=O)c2cc3n(n2)CCCO3)cc1. The predicted molar refractivity (Wildman–Crippen MR) is 73.3 cm³/mol. The normalized spacial score (nSPS) is 13.2. The molecule has 0 spiro atoms. The van der Waals surface area contributed by atoms with Gasteiger partial charge in [-0.2, -0.15) is 5.10 Å². The van der Waals surface area contributed by atoms with E-state index in [1.807, 2.05) is 0 Å². The lowest BCUT2D eigenvalue weighted by Gasteiger charge is -2.13. The zero-order valence-electron chi connectivity index (χ0n) is 11.1. The average molecular weight is 273 g/mol. The van der Waals surface area contributed by atoms with Crippen LogP contribution in [0, 0.1) is 0 Å². The van der Waals surface area contributed by atoms with Crippen molar-refractivity contribution in [3.05, 3.63) is 36.0 Å². The first-order valence-electron chi connectivity index (χ1n) is 6.42. The monoisotopic (exact) mass is 273 g/mol. The van der Waals surface area contributed by atoms with E-state index in [1.165, 1.54) is 0 Å². The van der Waals surface area contributed by atoms with E-state index >= 15 is 0 Å². The van der Waals surface area contributed by atoms with Crippen LogP contribution in [-0.4, -0.2) is 29.4 Å². The zero-order chi connectivity index (χ0) is 13.9. The quantitative estimate of drug-likeness (QED) is 0.928. The van der Waals surface area contributed by atoms with Gasteiger partial charge in [-0.1, -0.05) is 0 Å². The lowest BCUT2D eigenvalue weighted by atomic mass is 10.3. The summed E-state index contributed by atoms with van der Waals surface area (Å²) in [4.78, 5) is 12.1. The van der Waals surface area contributed by atoms with Gasteiger partial charge in [0, 0.05) is 24.7 Å². The molecular formula is C14H15N3O3. The maximum atomic E-state index is 12.1. The van der Waals surface area contributed by atoms with Gasteiger partial charge in [0.05, 0.1) is 13.7 Å². The highest BCUT2D eigenvalue weighted by atomic mass is 16.5. The number of hydrogen-bond acceptors (Lipinski definition) is 4. The first-order valence-corrected chi connectivity index (χ1v) is 6.42. The molecular weight excluding hydrogens is 258 g/mol. The zero-order valence-corrected chi connectivity index (χ0v) is 11.1. The third-order valence-electron chi connectivity index (χ3n) is 3.09. The Balaban J connectivity index is 1.73. The molecule has 1 aliphatic rings. The molecule has 0 atom stereocenters. The van der Waals surface area contributed by atoms with E-state index in [1.54, 1.807) is 42.1 Å². The number of nitrogens with zero attached hydrogens (tertiary/aromatic N) is 2. The van der Waals surface area contributed by atoms with Gasteiger partial charge in [0.15, 0.2) is 5.69 Å². The molecule has 1 aliphatic heterocycles. The van der Waals surface area contributed by atoms with Gasteiger partial charge in [-0.3, -0.25) is 4.79 Å². The van der Waals surface area contributed by atoms with Crippen LogP contribution in [0.15, 0.2) is 30.3 Å². The fourth-order valence-corrected chi connectivity index (χ4v) is 2.05. The maximum Gasteiger partial charge on any atom is 0.276 e. The van der Waals surface area contributed by atoms with Crippen molar-refractivity contribution in [2.75, 3.05) is 19.0 Å². The van der Waals surface area contributed by atoms with Crippen molar-refractivity contribution in [1.82, 2.24) is 9.78 Å². The van der Waals surface area contributed by atoms with Crippen molar-refractivity contribution in [3.8, 4) is 11.6 Å². The highest BCUT2D eigenvalue weighted by Crippen LogP contribution is 2.20. The Kier molecular flexibility index (Phi) is 3.28. The van der Waals surface area contributed by atoms with Crippen molar-refractivity contribution in [2.24, 2.45) is 0 Å². The Morgan fingerprint density at radius 3 is 2.90 bits per heavy atom. The summed E-state index contributed by atoms with van der Waals surface area (Å²) < 4.78 is 12.2. The molecule has 1 aromatic carbocycles. The number of carbonyl (C=O) groups is 1. The average Bonchev–Trinajstić information content (AvgIpc) is 2.92. The van der Waals surface area contributed by atoms with Crippen LogP contribution in [-0.2, 0) is 6.54 Å². The number of hydrogen-bond donors (Lipinski definition) is 1.